The zero-order valence-corrected chi connectivity index (χ0v) is 13.0. The molecule has 2 fully saturated rings. The van der Waals surface area contributed by atoms with Crippen LogP contribution in [0.1, 0.15) is 51.9 Å². The average molecular weight is 279 g/mol. The van der Waals surface area contributed by atoms with E-state index in [0.717, 1.165) is 51.9 Å². The van der Waals surface area contributed by atoms with E-state index < -0.39 is 0 Å². The van der Waals surface area contributed by atoms with Crippen LogP contribution in [0.15, 0.2) is 0 Å². The van der Waals surface area contributed by atoms with Crippen molar-refractivity contribution in [3.63, 3.8) is 0 Å². The summed E-state index contributed by atoms with van der Waals surface area (Å²) in [7, 11) is 2.21. The van der Waals surface area contributed by atoms with Crippen LogP contribution in [-0.4, -0.2) is 49.3 Å². The molecule has 1 N–H and O–H groups in total. The van der Waals surface area contributed by atoms with Gasteiger partial charge in [-0.1, -0.05) is 6.92 Å². The SMILES string of the molecule is CCC(C#N)(CCCN(C)C1CCOCC1)NC1CC1. The molecule has 4 heteroatoms. The molecule has 1 aliphatic heterocycles. The molecular weight excluding hydrogens is 250 g/mol. The molecule has 0 aromatic heterocycles. The first kappa shape index (κ1) is 15.8. The first-order valence-corrected chi connectivity index (χ1v) is 8.16. The molecule has 0 aromatic rings. The van der Waals surface area contributed by atoms with Gasteiger partial charge in [0.25, 0.3) is 0 Å². The summed E-state index contributed by atoms with van der Waals surface area (Å²) in [6.07, 6.45) is 7.73. The third kappa shape index (κ3) is 4.44. The summed E-state index contributed by atoms with van der Waals surface area (Å²) in [5, 5.41) is 13.1. The molecule has 0 radical (unpaired) electrons. The van der Waals surface area contributed by atoms with Crippen molar-refractivity contribution in [2.75, 3.05) is 26.8 Å². The highest BCUT2D eigenvalue weighted by molar-refractivity contribution is 5.09. The van der Waals surface area contributed by atoms with E-state index in [1.54, 1.807) is 0 Å². The van der Waals surface area contributed by atoms with Crippen molar-refractivity contribution in [1.82, 2.24) is 10.2 Å². The van der Waals surface area contributed by atoms with Gasteiger partial charge in [0.1, 0.15) is 5.54 Å². The second-order valence-corrected chi connectivity index (χ2v) is 6.39. The number of nitrogens with zero attached hydrogens (tertiary/aromatic N) is 2. The van der Waals surface area contributed by atoms with Crippen LogP contribution >= 0.6 is 0 Å². The third-order valence-corrected chi connectivity index (χ3v) is 4.80. The quantitative estimate of drug-likeness (QED) is 0.740. The summed E-state index contributed by atoms with van der Waals surface area (Å²) in [6.45, 7) is 5.01. The van der Waals surface area contributed by atoms with E-state index in [-0.39, 0.29) is 5.54 Å². The van der Waals surface area contributed by atoms with Crippen molar-refractivity contribution in [3.8, 4) is 6.07 Å². The summed E-state index contributed by atoms with van der Waals surface area (Å²) in [6, 6.07) is 3.81. The van der Waals surface area contributed by atoms with E-state index >= 15 is 0 Å². The minimum absolute atomic E-state index is 0.294. The van der Waals surface area contributed by atoms with Crippen LogP contribution in [0.25, 0.3) is 0 Å². The van der Waals surface area contributed by atoms with Gasteiger partial charge in [-0.05, 0) is 58.5 Å². The van der Waals surface area contributed by atoms with Gasteiger partial charge in [-0.3, -0.25) is 5.32 Å². The second kappa shape index (κ2) is 7.40. The molecule has 0 spiro atoms. The van der Waals surface area contributed by atoms with Crippen LogP contribution in [0.3, 0.4) is 0 Å². The van der Waals surface area contributed by atoms with Crippen molar-refractivity contribution in [2.24, 2.45) is 0 Å². The highest BCUT2D eigenvalue weighted by atomic mass is 16.5. The lowest BCUT2D eigenvalue weighted by molar-refractivity contribution is 0.0421. The van der Waals surface area contributed by atoms with E-state index in [9.17, 15) is 5.26 Å². The lowest BCUT2D eigenvalue weighted by Crippen LogP contribution is -2.45. The Morgan fingerprint density at radius 1 is 1.30 bits per heavy atom. The van der Waals surface area contributed by atoms with E-state index in [0.29, 0.717) is 12.1 Å². The van der Waals surface area contributed by atoms with Crippen LogP contribution in [0.5, 0.6) is 0 Å². The fourth-order valence-electron chi connectivity index (χ4n) is 3.08. The van der Waals surface area contributed by atoms with Gasteiger partial charge in [-0.25, -0.2) is 0 Å². The minimum Gasteiger partial charge on any atom is -0.381 e. The molecule has 1 heterocycles. The van der Waals surface area contributed by atoms with Gasteiger partial charge < -0.3 is 9.64 Å². The number of ether oxygens (including phenoxy) is 1. The molecule has 1 saturated heterocycles. The average Bonchev–Trinajstić information content (AvgIpc) is 3.31. The van der Waals surface area contributed by atoms with Crippen molar-refractivity contribution >= 4 is 0 Å². The third-order valence-electron chi connectivity index (χ3n) is 4.80. The van der Waals surface area contributed by atoms with Crippen LogP contribution in [0, 0.1) is 11.3 Å². The van der Waals surface area contributed by atoms with Gasteiger partial charge in [0.05, 0.1) is 6.07 Å². The first-order chi connectivity index (χ1) is 9.69. The first-order valence-electron chi connectivity index (χ1n) is 8.16. The number of nitrogens with one attached hydrogen (secondary N) is 1. The molecule has 1 saturated carbocycles. The van der Waals surface area contributed by atoms with Gasteiger partial charge in [-0.2, -0.15) is 5.26 Å². The van der Waals surface area contributed by atoms with Crippen molar-refractivity contribution in [1.29, 1.82) is 5.26 Å². The van der Waals surface area contributed by atoms with Crippen LogP contribution < -0.4 is 5.32 Å². The highest BCUT2D eigenvalue weighted by Gasteiger charge is 2.34. The molecule has 1 unspecified atom stereocenters. The molecule has 20 heavy (non-hydrogen) atoms. The maximum Gasteiger partial charge on any atom is 0.106 e. The van der Waals surface area contributed by atoms with Crippen molar-refractivity contribution in [3.05, 3.63) is 0 Å². The maximum atomic E-state index is 9.52. The zero-order valence-electron chi connectivity index (χ0n) is 13.0. The molecule has 114 valence electrons. The van der Waals surface area contributed by atoms with Gasteiger partial charge in [0.15, 0.2) is 0 Å². The van der Waals surface area contributed by atoms with Crippen LogP contribution in [0.2, 0.25) is 0 Å². The molecular formula is C16H29N3O. The largest absolute Gasteiger partial charge is 0.381 e. The topological polar surface area (TPSA) is 48.3 Å². The predicted molar refractivity (Wildman–Crippen MR) is 80.5 cm³/mol. The molecule has 2 rings (SSSR count). The minimum atomic E-state index is -0.294. The molecule has 1 aliphatic carbocycles. The van der Waals surface area contributed by atoms with Crippen molar-refractivity contribution < 1.29 is 4.74 Å². The van der Waals surface area contributed by atoms with Gasteiger partial charge >= 0.3 is 0 Å². The fourth-order valence-corrected chi connectivity index (χ4v) is 3.08. The molecule has 1 atom stereocenters. The van der Waals surface area contributed by atoms with Crippen molar-refractivity contribution in [2.45, 2.75) is 69.5 Å². The Kier molecular flexibility index (Phi) is 5.83. The summed E-state index contributed by atoms with van der Waals surface area (Å²) < 4.78 is 5.41. The van der Waals surface area contributed by atoms with Gasteiger partial charge in [0, 0.05) is 25.3 Å². The van der Waals surface area contributed by atoms with Gasteiger partial charge in [0.2, 0.25) is 0 Å². The molecule has 0 bridgehead atoms. The lowest BCUT2D eigenvalue weighted by Gasteiger charge is -2.32. The molecule has 4 nitrogen and oxygen atoms in total. The highest BCUT2D eigenvalue weighted by Crippen LogP contribution is 2.27. The van der Waals surface area contributed by atoms with Crippen LogP contribution in [0.4, 0.5) is 0 Å². The molecule has 0 aromatic carbocycles. The number of hydrogen-bond donors (Lipinski definition) is 1. The smallest absolute Gasteiger partial charge is 0.106 e. The Labute approximate surface area is 123 Å². The Bertz CT molecular complexity index is 331. The summed E-state index contributed by atoms with van der Waals surface area (Å²) >= 11 is 0. The standard InChI is InChI=1S/C16H29N3O/c1-3-16(13-17,18-14-5-6-14)9-4-10-19(2)15-7-11-20-12-8-15/h14-15,18H,3-12H2,1-2H3. The Morgan fingerprint density at radius 2 is 2.00 bits per heavy atom. The van der Waals surface area contributed by atoms with E-state index in [1.165, 1.54) is 12.8 Å². The normalized spacial score (nSPS) is 23.5. The fraction of sp³-hybridized carbons (Fsp3) is 0.938. The Balaban J connectivity index is 1.73. The summed E-state index contributed by atoms with van der Waals surface area (Å²) in [5.74, 6) is 0. The predicted octanol–water partition coefficient (Wildman–Crippen LogP) is 2.30. The lowest BCUT2D eigenvalue weighted by atomic mass is 9.91. The second-order valence-electron chi connectivity index (χ2n) is 6.39. The summed E-state index contributed by atoms with van der Waals surface area (Å²) in [5.41, 5.74) is -0.294. The molecule has 0 amide bonds. The maximum absolute atomic E-state index is 9.52. The Morgan fingerprint density at radius 3 is 2.55 bits per heavy atom. The molecule has 2 aliphatic rings. The zero-order chi connectivity index (χ0) is 14.4. The number of hydrogen-bond acceptors (Lipinski definition) is 4. The van der Waals surface area contributed by atoms with Gasteiger partial charge in [-0.15, -0.1) is 0 Å². The monoisotopic (exact) mass is 279 g/mol. The number of rotatable bonds is 8. The van der Waals surface area contributed by atoms with E-state index in [2.05, 4.69) is 30.3 Å². The van der Waals surface area contributed by atoms with Crippen LogP contribution in [-0.2, 0) is 4.74 Å². The van der Waals surface area contributed by atoms with E-state index in [4.69, 9.17) is 4.74 Å². The number of nitriles is 1. The summed E-state index contributed by atoms with van der Waals surface area (Å²) in [4.78, 5) is 2.46. The van der Waals surface area contributed by atoms with E-state index in [1.807, 2.05) is 0 Å². The Hall–Kier alpha value is -0.630.